The first-order valence-corrected chi connectivity index (χ1v) is 7.32. The van der Waals surface area contributed by atoms with Crippen molar-refractivity contribution in [3.05, 3.63) is 46.7 Å². The molecule has 0 aliphatic heterocycles. The van der Waals surface area contributed by atoms with E-state index in [9.17, 15) is 4.79 Å². The minimum Gasteiger partial charge on any atom is -0.357 e. The summed E-state index contributed by atoms with van der Waals surface area (Å²) in [5.74, 6) is 0.763. The van der Waals surface area contributed by atoms with Gasteiger partial charge in [0.1, 0.15) is 6.04 Å². The molecule has 1 amide bonds. The van der Waals surface area contributed by atoms with Crippen LogP contribution in [0.4, 0.5) is 0 Å². The molecule has 0 bridgehead atoms. The van der Waals surface area contributed by atoms with Crippen molar-refractivity contribution in [3.8, 4) is 11.4 Å². The second-order valence-corrected chi connectivity index (χ2v) is 5.64. The first kappa shape index (κ1) is 13.6. The van der Waals surface area contributed by atoms with Gasteiger partial charge in [0.15, 0.2) is 0 Å². The van der Waals surface area contributed by atoms with Gasteiger partial charge in [0.25, 0.3) is 5.91 Å². The Bertz CT molecular complexity index is 745. The Morgan fingerprint density at radius 1 is 1.48 bits per heavy atom. The first-order chi connectivity index (χ1) is 10.1. The van der Waals surface area contributed by atoms with Crippen LogP contribution in [0.5, 0.6) is 0 Å². The lowest BCUT2D eigenvalue weighted by Crippen LogP contribution is -2.26. The van der Waals surface area contributed by atoms with Crippen molar-refractivity contribution in [3.63, 3.8) is 0 Å². The highest BCUT2D eigenvalue weighted by atomic mass is 32.1. The highest BCUT2D eigenvalue weighted by molar-refractivity contribution is 7.12. The van der Waals surface area contributed by atoms with Crippen LogP contribution in [0.25, 0.3) is 11.4 Å². The van der Waals surface area contributed by atoms with E-state index in [2.05, 4.69) is 15.5 Å². The number of nitrogens with one attached hydrogen (secondary N) is 1. The molecular weight excluding hydrogens is 288 g/mol. The van der Waals surface area contributed by atoms with Gasteiger partial charge in [-0.25, -0.2) is 0 Å². The van der Waals surface area contributed by atoms with Gasteiger partial charge in [-0.1, -0.05) is 11.2 Å². The van der Waals surface area contributed by atoms with Crippen molar-refractivity contribution in [2.45, 2.75) is 13.0 Å². The van der Waals surface area contributed by atoms with Crippen LogP contribution in [0.15, 0.2) is 40.5 Å². The van der Waals surface area contributed by atoms with Gasteiger partial charge < -0.3 is 14.4 Å². The van der Waals surface area contributed by atoms with E-state index in [0.717, 1.165) is 5.56 Å². The molecule has 3 aromatic rings. The minimum absolute atomic E-state index is 0.142. The van der Waals surface area contributed by atoms with Gasteiger partial charge in [-0.05, 0) is 24.4 Å². The Kier molecular flexibility index (Phi) is 3.57. The normalized spacial score (nSPS) is 12.3. The molecule has 1 unspecified atom stereocenters. The zero-order valence-corrected chi connectivity index (χ0v) is 12.4. The molecule has 0 saturated carbocycles. The lowest BCUT2D eigenvalue weighted by molar-refractivity contribution is 0.0936. The molecule has 0 aliphatic rings. The summed E-state index contributed by atoms with van der Waals surface area (Å²) in [7, 11) is 1.92. The highest BCUT2D eigenvalue weighted by Crippen LogP contribution is 2.19. The zero-order chi connectivity index (χ0) is 14.8. The molecule has 7 heteroatoms. The van der Waals surface area contributed by atoms with Crippen LogP contribution in [0.1, 0.15) is 28.5 Å². The number of rotatable bonds is 4. The number of carbonyl (C=O) groups excluding carboxylic acids is 1. The molecule has 3 aromatic heterocycles. The van der Waals surface area contributed by atoms with Gasteiger partial charge in [-0.15, -0.1) is 11.3 Å². The van der Waals surface area contributed by atoms with E-state index in [-0.39, 0.29) is 11.9 Å². The van der Waals surface area contributed by atoms with Crippen LogP contribution < -0.4 is 5.32 Å². The summed E-state index contributed by atoms with van der Waals surface area (Å²) in [5, 5.41) is 8.64. The molecule has 108 valence electrons. The number of aromatic nitrogens is 3. The van der Waals surface area contributed by atoms with E-state index < -0.39 is 0 Å². The molecule has 3 heterocycles. The molecule has 0 fully saturated rings. The van der Waals surface area contributed by atoms with E-state index in [1.165, 1.54) is 11.3 Å². The van der Waals surface area contributed by atoms with E-state index in [0.29, 0.717) is 16.6 Å². The summed E-state index contributed by atoms with van der Waals surface area (Å²) in [6.07, 6.45) is 3.82. The fourth-order valence-corrected chi connectivity index (χ4v) is 2.53. The molecule has 0 aromatic carbocycles. The maximum absolute atomic E-state index is 12.0. The van der Waals surface area contributed by atoms with Crippen LogP contribution in [0.3, 0.4) is 0 Å². The standard InChI is InChI=1S/C14H14N4O2S/c1-9(15-13(19)11-4-3-7-21-11)14-16-12(17-20-14)10-5-6-18(2)8-10/h3-9H,1-2H3,(H,15,19). The van der Waals surface area contributed by atoms with Gasteiger partial charge in [-0.3, -0.25) is 4.79 Å². The third-order valence-electron chi connectivity index (χ3n) is 2.99. The predicted octanol–water partition coefficient (Wildman–Crippen LogP) is 2.63. The smallest absolute Gasteiger partial charge is 0.261 e. The second kappa shape index (κ2) is 5.53. The number of carbonyl (C=O) groups is 1. The lowest BCUT2D eigenvalue weighted by Gasteiger charge is -2.07. The monoisotopic (exact) mass is 302 g/mol. The molecule has 6 nitrogen and oxygen atoms in total. The third-order valence-corrected chi connectivity index (χ3v) is 3.86. The Balaban J connectivity index is 1.72. The summed E-state index contributed by atoms with van der Waals surface area (Å²) in [5.41, 5.74) is 0.879. The summed E-state index contributed by atoms with van der Waals surface area (Å²) in [6, 6.07) is 5.17. The fourth-order valence-electron chi connectivity index (χ4n) is 1.90. The van der Waals surface area contributed by atoms with E-state index >= 15 is 0 Å². The molecular formula is C14H14N4O2S. The summed E-state index contributed by atoms with van der Waals surface area (Å²) < 4.78 is 7.14. The van der Waals surface area contributed by atoms with Gasteiger partial charge in [0.2, 0.25) is 11.7 Å². The Labute approximate surface area is 125 Å². The van der Waals surface area contributed by atoms with Crippen molar-refractivity contribution in [1.29, 1.82) is 0 Å². The van der Waals surface area contributed by atoms with Gasteiger partial charge in [-0.2, -0.15) is 4.98 Å². The van der Waals surface area contributed by atoms with E-state index in [1.807, 2.05) is 48.4 Å². The van der Waals surface area contributed by atoms with Gasteiger partial charge in [0.05, 0.1) is 4.88 Å². The van der Waals surface area contributed by atoms with Gasteiger partial charge in [0, 0.05) is 25.0 Å². The highest BCUT2D eigenvalue weighted by Gasteiger charge is 2.18. The average molecular weight is 302 g/mol. The molecule has 3 rings (SSSR count). The van der Waals surface area contributed by atoms with Crippen LogP contribution in [-0.2, 0) is 7.05 Å². The lowest BCUT2D eigenvalue weighted by atomic mass is 10.3. The fraction of sp³-hybridized carbons (Fsp3) is 0.214. The molecule has 21 heavy (non-hydrogen) atoms. The topological polar surface area (TPSA) is 73.0 Å². The predicted molar refractivity (Wildman–Crippen MR) is 78.9 cm³/mol. The summed E-state index contributed by atoms with van der Waals surface area (Å²) >= 11 is 1.39. The molecule has 1 atom stereocenters. The van der Waals surface area contributed by atoms with Crippen molar-refractivity contribution in [1.82, 2.24) is 20.0 Å². The number of aryl methyl sites for hydroxylation is 1. The third kappa shape index (κ3) is 2.87. The quantitative estimate of drug-likeness (QED) is 0.804. The van der Waals surface area contributed by atoms with E-state index in [1.54, 1.807) is 6.07 Å². The minimum atomic E-state index is -0.343. The van der Waals surface area contributed by atoms with E-state index in [4.69, 9.17) is 4.52 Å². The zero-order valence-electron chi connectivity index (χ0n) is 11.6. The number of amides is 1. The van der Waals surface area contributed by atoms with Gasteiger partial charge >= 0.3 is 0 Å². The Hall–Kier alpha value is -2.41. The van der Waals surface area contributed by atoms with Crippen molar-refractivity contribution in [2.75, 3.05) is 0 Å². The van der Waals surface area contributed by atoms with Crippen molar-refractivity contribution in [2.24, 2.45) is 7.05 Å². The van der Waals surface area contributed by atoms with Crippen LogP contribution in [0, 0.1) is 0 Å². The molecule has 0 spiro atoms. The molecule has 0 aliphatic carbocycles. The second-order valence-electron chi connectivity index (χ2n) is 4.69. The average Bonchev–Trinajstić information content (AvgIpc) is 3.19. The largest absolute Gasteiger partial charge is 0.357 e. The summed E-state index contributed by atoms with van der Waals surface area (Å²) in [6.45, 7) is 1.81. The molecule has 1 N–H and O–H groups in total. The number of thiophene rings is 1. The Morgan fingerprint density at radius 3 is 3.00 bits per heavy atom. The number of hydrogen-bond acceptors (Lipinski definition) is 5. The van der Waals surface area contributed by atoms with Crippen LogP contribution in [0.2, 0.25) is 0 Å². The van der Waals surface area contributed by atoms with Crippen LogP contribution in [-0.4, -0.2) is 20.6 Å². The van der Waals surface area contributed by atoms with Crippen molar-refractivity contribution < 1.29 is 9.32 Å². The van der Waals surface area contributed by atoms with Crippen molar-refractivity contribution >= 4 is 17.2 Å². The van der Waals surface area contributed by atoms with Crippen LogP contribution >= 0.6 is 11.3 Å². The maximum Gasteiger partial charge on any atom is 0.261 e. The first-order valence-electron chi connectivity index (χ1n) is 6.44. The Morgan fingerprint density at radius 2 is 2.33 bits per heavy atom. The number of nitrogens with zero attached hydrogens (tertiary/aromatic N) is 3. The number of hydrogen-bond donors (Lipinski definition) is 1. The maximum atomic E-state index is 12.0. The SMILES string of the molecule is CC(NC(=O)c1cccs1)c1nc(-c2ccn(C)c2)no1. The summed E-state index contributed by atoms with van der Waals surface area (Å²) in [4.78, 5) is 17.0. The molecule has 0 saturated heterocycles. The molecule has 0 radical (unpaired) electrons.